The molecule has 0 radical (unpaired) electrons. The van der Waals surface area contributed by atoms with E-state index < -0.39 is 0 Å². The van der Waals surface area contributed by atoms with Gasteiger partial charge in [-0.2, -0.15) is 0 Å². The number of nitrogen functional groups attached to an aromatic ring is 1. The van der Waals surface area contributed by atoms with Crippen LogP contribution in [-0.4, -0.2) is 12.5 Å². The fraction of sp³-hybridized carbons (Fsp3) is 0.500. The highest BCUT2D eigenvalue weighted by molar-refractivity contribution is 5.99. The first-order chi connectivity index (χ1) is 8.02. The summed E-state index contributed by atoms with van der Waals surface area (Å²) in [5, 5.41) is 2.90. The molecule has 0 aromatic heterocycles. The Hall–Kier alpha value is -1.51. The molecule has 3 nitrogen and oxygen atoms in total. The molecule has 1 aromatic rings. The highest BCUT2D eigenvalue weighted by atomic mass is 16.1. The lowest BCUT2D eigenvalue weighted by Gasteiger charge is -2.09. The van der Waals surface area contributed by atoms with Crippen molar-refractivity contribution in [3.63, 3.8) is 0 Å². The summed E-state index contributed by atoms with van der Waals surface area (Å²) in [7, 11) is 0. The van der Waals surface area contributed by atoms with Crippen LogP contribution >= 0.6 is 0 Å². The SMILES string of the molecule is Cc1cccc(C(=O)NCCCC(C)C)c1N. The van der Waals surface area contributed by atoms with Gasteiger partial charge in [0.2, 0.25) is 0 Å². The largest absolute Gasteiger partial charge is 0.398 e. The second-order valence-corrected chi connectivity index (χ2v) is 4.83. The molecule has 0 heterocycles. The summed E-state index contributed by atoms with van der Waals surface area (Å²) < 4.78 is 0. The minimum atomic E-state index is -0.0741. The van der Waals surface area contributed by atoms with E-state index >= 15 is 0 Å². The second-order valence-electron chi connectivity index (χ2n) is 4.83. The van der Waals surface area contributed by atoms with Crippen LogP contribution in [-0.2, 0) is 0 Å². The fourth-order valence-electron chi connectivity index (χ4n) is 1.69. The van der Waals surface area contributed by atoms with Crippen molar-refractivity contribution >= 4 is 11.6 Å². The summed E-state index contributed by atoms with van der Waals surface area (Å²) in [6, 6.07) is 5.53. The number of hydrogen-bond acceptors (Lipinski definition) is 2. The first-order valence-electron chi connectivity index (χ1n) is 6.15. The number of benzene rings is 1. The van der Waals surface area contributed by atoms with Gasteiger partial charge in [-0.1, -0.05) is 26.0 Å². The number of aryl methyl sites for hydroxylation is 1. The number of amides is 1. The Balaban J connectivity index is 2.50. The summed E-state index contributed by atoms with van der Waals surface area (Å²) in [4.78, 5) is 11.9. The van der Waals surface area contributed by atoms with Crippen LogP contribution in [0.2, 0.25) is 0 Å². The van der Waals surface area contributed by atoms with Crippen LogP contribution in [0.15, 0.2) is 18.2 Å². The van der Waals surface area contributed by atoms with Crippen molar-refractivity contribution in [2.45, 2.75) is 33.6 Å². The number of rotatable bonds is 5. The molecule has 0 bridgehead atoms. The third-order valence-corrected chi connectivity index (χ3v) is 2.81. The highest BCUT2D eigenvalue weighted by Crippen LogP contribution is 2.16. The second kappa shape index (κ2) is 6.28. The maximum atomic E-state index is 11.9. The molecule has 0 aliphatic carbocycles. The Kier molecular flexibility index (Phi) is 5.01. The lowest BCUT2D eigenvalue weighted by Crippen LogP contribution is -2.25. The zero-order valence-corrected chi connectivity index (χ0v) is 10.9. The molecule has 0 aliphatic rings. The third-order valence-electron chi connectivity index (χ3n) is 2.81. The molecule has 0 atom stereocenters. The van der Waals surface area contributed by atoms with Gasteiger partial charge in [0.25, 0.3) is 5.91 Å². The van der Waals surface area contributed by atoms with E-state index in [9.17, 15) is 4.79 Å². The average molecular weight is 234 g/mol. The van der Waals surface area contributed by atoms with Crippen molar-refractivity contribution in [1.29, 1.82) is 0 Å². The van der Waals surface area contributed by atoms with Crippen molar-refractivity contribution in [3.8, 4) is 0 Å². The minimum Gasteiger partial charge on any atom is -0.398 e. The number of nitrogens with one attached hydrogen (secondary N) is 1. The molecule has 0 saturated heterocycles. The minimum absolute atomic E-state index is 0.0741. The van der Waals surface area contributed by atoms with E-state index in [0.717, 1.165) is 18.4 Å². The Bertz CT molecular complexity index is 386. The maximum absolute atomic E-state index is 11.9. The van der Waals surface area contributed by atoms with Crippen LogP contribution in [0.1, 0.15) is 42.6 Å². The molecule has 1 amide bonds. The highest BCUT2D eigenvalue weighted by Gasteiger charge is 2.09. The first kappa shape index (κ1) is 13.6. The van der Waals surface area contributed by atoms with E-state index in [1.807, 2.05) is 19.1 Å². The molecule has 1 aromatic carbocycles. The smallest absolute Gasteiger partial charge is 0.253 e. The van der Waals surface area contributed by atoms with E-state index in [2.05, 4.69) is 19.2 Å². The molecule has 94 valence electrons. The van der Waals surface area contributed by atoms with Crippen molar-refractivity contribution in [1.82, 2.24) is 5.32 Å². The Morgan fingerprint density at radius 3 is 2.76 bits per heavy atom. The van der Waals surface area contributed by atoms with E-state index in [1.165, 1.54) is 0 Å². The maximum Gasteiger partial charge on any atom is 0.253 e. The molecule has 0 aliphatic heterocycles. The quantitative estimate of drug-likeness (QED) is 0.608. The van der Waals surface area contributed by atoms with Crippen LogP contribution < -0.4 is 11.1 Å². The molecule has 3 N–H and O–H groups in total. The van der Waals surface area contributed by atoms with Gasteiger partial charge in [0, 0.05) is 12.2 Å². The van der Waals surface area contributed by atoms with Crippen molar-refractivity contribution < 1.29 is 4.79 Å². The predicted molar refractivity (Wildman–Crippen MR) is 72.0 cm³/mol. The predicted octanol–water partition coefficient (Wildman–Crippen LogP) is 2.74. The number of nitrogens with two attached hydrogens (primary N) is 1. The fourth-order valence-corrected chi connectivity index (χ4v) is 1.69. The summed E-state index contributed by atoms with van der Waals surface area (Å²) in [6.45, 7) is 6.98. The van der Waals surface area contributed by atoms with Crippen LogP contribution in [0, 0.1) is 12.8 Å². The Labute approximate surface area is 103 Å². The number of anilines is 1. The topological polar surface area (TPSA) is 55.1 Å². The molecule has 0 unspecified atom stereocenters. The Morgan fingerprint density at radius 2 is 2.12 bits per heavy atom. The third kappa shape index (κ3) is 4.10. The number of carbonyl (C=O) groups excluding carboxylic acids is 1. The molecular formula is C14H22N2O. The molecular weight excluding hydrogens is 212 g/mol. The number of carbonyl (C=O) groups is 1. The van der Waals surface area contributed by atoms with Gasteiger partial charge in [-0.15, -0.1) is 0 Å². The number of para-hydroxylation sites is 1. The van der Waals surface area contributed by atoms with Gasteiger partial charge in [-0.3, -0.25) is 4.79 Å². The van der Waals surface area contributed by atoms with Gasteiger partial charge in [0.05, 0.1) is 5.56 Å². The standard InChI is InChI=1S/C14H22N2O/c1-10(2)6-5-9-16-14(17)12-8-4-7-11(3)13(12)15/h4,7-8,10H,5-6,9,15H2,1-3H3,(H,16,17). The van der Waals surface area contributed by atoms with Gasteiger partial charge in [0.1, 0.15) is 0 Å². The monoisotopic (exact) mass is 234 g/mol. The average Bonchev–Trinajstić information content (AvgIpc) is 2.27. The van der Waals surface area contributed by atoms with Gasteiger partial charge < -0.3 is 11.1 Å². The molecule has 17 heavy (non-hydrogen) atoms. The molecule has 0 saturated carbocycles. The van der Waals surface area contributed by atoms with Gasteiger partial charge >= 0.3 is 0 Å². The lowest BCUT2D eigenvalue weighted by atomic mass is 10.1. The van der Waals surface area contributed by atoms with Crippen LogP contribution in [0.3, 0.4) is 0 Å². The van der Waals surface area contributed by atoms with E-state index in [1.54, 1.807) is 6.07 Å². The van der Waals surface area contributed by atoms with Crippen molar-refractivity contribution in [3.05, 3.63) is 29.3 Å². The molecule has 1 rings (SSSR count). The molecule has 0 fully saturated rings. The molecule has 3 heteroatoms. The molecule has 0 spiro atoms. The summed E-state index contributed by atoms with van der Waals surface area (Å²) in [5.74, 6) is 0.603. The number of hydrogen-bond donors (Lipinski definition) is 2. The Morgan fingerprint density at radius 1 is 1.41 bits per heavy atom. The summed E-state index contributed by atoms with van der Waals surface area (Å²) in [5.41, 5.74) is 7.98. The van der Waals surface area contributed by atoms with E-state index in [4.69, 9.17) is 5.73 Å². The van der Waals surface area contributed by atoms with Crippen LogP contribution in [0.5, 0.6) is 0 Å². The van der Waals surface area contributed by atoms with Gasteiger partial charge in [0.15, 0.2) is 0 Å². The van der Waals surface area contributed by atoms with E-state index in [0.29, 0.717) is 23.7 Å². The van der Waals surface area contributed by atoms with Gasteiger partial charge in [-0.05, 0) is 37.3 Å². The summed E-state index contributed by atoms with van der Waals surface area (Å²) >= 11 is 0. The normalized spacial score (nSPS) is 10.6. The lowest BCUT2D eigenvalue weighted by molar-refractivity contribution is 0.0953. The first-order valence-corrected chi connectivity index (χ1v) is 6.15. The zero-order valence-electron chi connectivity index (χ0n) is 10.9. The van der Waals surface area contributed by atoms with Crippen LogP contribution in [0.4, 0.5) is 5.69 Å². The van der Waals surface area contributed by atoms with Crippen molar-refractivity contribution in [2.75, 3.05) is 12.3 Å². The van der Waals surface area contributed by atoms with E-state index in [-0.39, 0.29) is 5.91 Å². The summed E-state index contributed by atoms with van der Waals surface area (Å²) in [6.07, 6.45) is 2.14. The zero-order chi connectivity index (χ0) is 12.8. The van der Waals surface area contributed by atoms with Gasteiger partial charge in [-0.25, -0.2) is 0 Å². The van der Waals surface area contributed by atoms with Crippen LogP contribution in [0.25, 0.3) is 0 Å². The van der Waals surface area contributed by atoms with Crippen molar-refractivity contribution in [2.24, 2.45) is 5.92 Å².